The molecule has 1 heterocycles. The van der Waals surface area contributed by atoms with Crippen LogP contribution in [-0.2, 0) is 6.42 Å². The predicted octanol–water partition coefficient (Wildman–Crippen LogP) is 4.05. The summed E-state index contributed by atoms with van der Waals surface area (Å²) in [6, 6.07) is 14.6. The summed E-state index contributed by atoms with van der Waals surface area (Å²) in [5, 5.41) is 5.98. The highest BCUT2D eigenvalue weighted by Gasteiger charge is 2.12. The SMILES string of the molecule is CCc1ccccc1NC(=O)c1ccnc(Nc2ccc(OC)c(OC)c2)n1. The fraction of sp³-hybridized carbons (Fsp3) is 0.190. The molecule has 0 spiro atoms. The number of aromatic nitrogens is 2. The van der Waals surface area contributed by atoms with Gasteiger partial charge in [-0.1, -0.05) is 25.1 Å². The van der Waals surface area contributed by atoms with Gasteiger partial charge in [0.15, 0.2) is 11.5 Å². The van der Waals surface area contributed by atoms with E-state index < -0.39 is 0 Å². The van der Waals surface area contributed by atoms with Crippen molar-refractivity contribution in [1.29, 1.82) is 0 Å². The Morgan fingerprint density at radius 2 is 1.82 bits per heavy atom. The van der Waals surface area contributed by atoms with Gasteiger partial charge in [-0.2, -0.15) is 0 Å². The minimum atomic E-state index is -0.293. The molecule has 0 bridgehead atoms. The molecule has 28 heavy (non-hydrogen) atoms. The molecular weight excluding hydrogens is 356 g/mol. The molecule has 1 aromatic heterocycles. The summed E-state index contributed by atoms with van der Waals surface area (Å²) in [6.45, 7) is 2.04. The first-order chi connectivity index (χ1) is 13.6. The molecule has 144 valence electrons. The quantitative estimate of drug-likeness (QED) is 0.645. The van der Waals surface area contributed by atoms with Gasteiger partial charge in [0.2, 0.25) is 5.95 Å². The summed E-state index contributed by atoms with van der Waals surface area (Å²) in [6.07, 6.45) is 2.36. The van der Waals surface area contributed by atoms with Crippen LogP contribution < -0.4 is 20.1 Å². The van der Waals surface area contributed by atoms with Crippen LogP contribution in [0.15, 0.2) is 54.7 Å². The lowest BCUT2D eigenvalue weighted by atomic mass is 10.1. The number of hydrogen-bond donors (Lipinski definition) is 2. The topological polar surface area (TPSA) is 85.4 Å². The lowest BCUT2D eigenvalue weighted by Crippen LogP contribution is -2.15. The van der Waals surface area contributed by atoms with Crippen LogP contribution in [0.25, 0.3) is 0 Å². The lowest BCUT2D eigenvalue weighted by Gasteiger charge is -2.11. The first kappa shape index (κ1) is 19.2. The fourth-order valence-corrected chi connectivity index (χ4v) is 2.73. The van der Waals surface area contributed by atoms with Crippen LogP contribution >= 0.6 is 0 Å². The molecule has 2 aromatic carbocycles. The Hall–Kier alpha value is -3.61. The van der Waals surface area contributed by atoms with Crippen LogP contribution in [0.1, 0.15) is 23.0 Å². The Kier molecular flexibility index (Phi) is 6.06. The van der Waals surface area contributed by atoms with E-state index in [1.165, 1.54) is 6.20 Å². The normalized spacial score (nSPS) is 10.2. The molecule has 0 saturated carbocycles. The molecule has 0 aliphatic rings. The maximum atomic E-state index is 12.6. The minimum Gasteiger partial charge on any atom is -0.493 e. The summed E-state index contributed by atoms with van der Waals surface area (Å²) in [4.78, 5) is 21.1. The zero-order valence-electron chi connectivity index (χ0n) is 16.0. The van der Waals surface area contributed by atoms with E-state index in [0.29, 0.717) is 23.1 Å². The Labute approximate surface area is 163 Å². The molecule has 3 aromatic rings. The fourth-order valence-electron chi connectivity index (χ4n) is 2.73. The number of ether oxygens (including phenoxy) is 2. The summed E-state index contributed by atoms with van der Waals surface area (Å²) >= 11 is 0. The highest BCUT2D eigenvalue weighted by atomic mass is 16.5. The van der Waals surface area contributed by atoms with E-state index in [1.54, 1.807) is 32.4 Å². The standard InChI is InChI=1S/C21H22N4O3/c1-4-14-7-5-6-8-16(14)24-20(26)17-11-12-22-21(25-17)23-15-9-10-18(27-2)19(13-15)28-3/h5-13H,4H2,1-3H3,(H,24,26)(H,22,23,25). The monoisotopic (exact) mass is 378 g/mol. The van der Waals surface area contributed by atoms with Crippen molar-refractivity contribution in [1.82, 2.24) is 9.97 Å². The molecule has 0 unspecified atom stereocenters. The zero-order valence-corrected chi connectivity index (χ0v) is 16.0. The van der Waals surface area contributed by atoms with Crippen LogP contribution in [0.3, 0.4) is 0 Å². The second kappa shape index (κ2) is 8.85. The molecule has 7 nitrogen and oxygen atoms in total. The van der Waals surface area contributed by atoms with Crippen LogP contribution in [0.4, 0.5) is 17.3 Å². The largest absolute Gasteiger partial charge is 0.493 e. The third kappa shape index (κ3) is 4.37. The van der Waals surface area contributed by atoms with Crippen molar-refractivity contribution < 1.29 is 14.3 Å². The van der Waals surface area contributed by atoms with E-state index in [9.17, 15) is 4.79 Å². The summed E-state index contributed by atoms with van der Waals surface area (Å²) in [7, 11) is 3.14. The number of rotatable bonds is 7. The molecule has 0 radical (unpaired) electrons. The second-order valence-electron chi connectivity index (χ2n) is 5.93. The molecule has 0 atom stereocenters. The van der Waals surface area contributed by atoms with Crippen LogP contribution in [-0.4, -0.2) is 30.1 Å². The maximum Gasteiger partial charge on any atom is 0.274 e. The van der Waals surface area contributed by atoms with Crippen LogP contribution in [0, 0.1) is 0 Å². The average molecular weight is 378 g/mol. The van der Waals surface area contributed by atoms with Crippen LogP contribution in [0.2, 0.25) is 0 Å². The number of methoxy groups -OCH3 is 2. The first-order valence-electron chi connectivity index (χ1n) is 8.86. The minimum absolute atomic E-state index is 0.267. The van der Waals surface area contributed by atoms with Gasteiger partial charge >= 0.3 is 0 Å². The number of carbonyl (C=O) groups excluding carboxylic acids is 1. The Bertz CT molecular complexity index is 975. The van der Waals surface area contributed by atoms with Gasteiger partial charge in [-0.3, -0.25) is 4.79 Å². The van der Waals surface area contributed by atoms with Crippen molar-refractivity contribution in [2.75, 3.05) is 24.9 Å². The third-order valence-electron chi connectivity index (χ3n) is 4.17. The number of para-hydroxylation sites is 1. The van der Waals surface area contributed by atoms with Gasteiger partial charge < -0.3 is 20.1 Å². The van der Waals surface area contributed by atoms with Gasteiger partial charge in [0, 0.05) is 23.6 Å². The molecule has 3 rings (SSSR count). The van der Waals surface area contributed by atoms with Crippen molar-refractivity contribution in [3.63, 3.8) is 0 Å². The summed E-state index contributed by atoms with van der Waals surface area (Å²) < 4.78 is 10.5. The number of hydrogen-bond acceptors (Lipinski definition) is 6. The lowest BCUT2D eigenvalue weighted by molar-refractivity contribution is 0.102. The number of amides is 1. The first-order valence-corrected chi connectivity index (χ1v) is 8.86. The Morgan fingerprint density at radius 1 is 1.04 bits per heavy atom. The smallest absolute Gasteiger partial charge is 0.274 e. The van der Waals surface area contributed by atoms with E-state index in [0.717, 1.165) is 17.7 Å². The highest BCUT2D eigenvalue weighted by molar-refractivity contribution is 6.03. The number of benzene rings is 2. The van der Waals surface area contributed by atoms with Crippen LogP contribution in [0.5, 0.6) is 11.5 Å². The van der Waals surface area contributed by atoms with E-state index in [1.807, 2.05) is 37.3 Å². The van der Waals surface area contributed by atoms with E-state index in [-0.39, 0.29) is 11.6 Å². The number of aryl methyl sites for hydroxylation is 1. The second-order valence-corrected chi connectivity index (χ2v) is 5.93. The number of carbonyl (C=O) groups is 1. The molecular formula is C21H22N4O3. The predicted molar refractivity (Wildman–Crippen MR) is 109 cm³/mol. The molecule has 0 saturated heterocycles. The third-order valence-corrected chi connectivity index (χ3v) is 4.17. The van der Waals surface area contributed by atoms with Crippen molar-refractivity contribution in [2.45, 2.75) is 13.3 Å². The van der Waals surface area contributed by atoms with Crippen molar-refractivity contribution in [3.8, 4) is 11.5 Å². The van der Waals surface area contributed by atoms with Gasteiger partial charge in [0.1, 0.15) is 5.69 Å². The molecule has 7 heteroatoms. The number of nitrogens with zero attached hydrogens (tertiary/aromatic N) is 2. The molecule has 0 fully saturated rings. The van der Waals surface area contributed by atoms with Crippen molar-refractivity contribution >= 4 is 23.2 Å². The molecule has 0 aliphatic carbocycles. The number of anilines is 3. The van der Waals surface area contributed by atoms with E-state index >= 15 is 0 Å². The van der Waals surface area contributed by atoms with Gasteiger partial charge in [-0.15, -0.1) is 0 Å². The van der Waals surface area contributed by atoms with Gasteiger partial charge in [0.05, 0.1) is 14.2 Å². The van der Waals surface area contributed by atoms with Crippen molar-refractivity contribution in [2.24, 2.45) is 0 Å². The highest BCUT2D eigenvalue weighted by Crippen LogP contribution is 2.30. The maximum absolute atomic E-state index is 12.6. The average Bonchev–Trinajstić information content (AvgIpc) is 2.74. The Balaban J connectivity index is 1.77. The van der Waals surface area contributed by atoms with E-state index in [4.69, 9.17) is 9.47 Å². The van der Waals surface area contributed by atoms with Gasteiger partial charge in [-0.05, 0) is 36.2 Å². The summed E-state index contributed by atoms with van der Waals surface area (Å²) in [5.41, 5.74) is 2.83. The van der Waals surface area contributed by atoms with Crippen molar-refractivity contribution in [3.05, 3.63) is 66.0 Å². The zero-order chi connectivity index (χ0) is 19.9. The number of nitrogens with one attached hydrogen (secondary N) is 2. The van der Waals surface area contributed by atoms with Gasteiger partial charge in [0.25, 0.3) is 5.91 Å². The molecule has 2 N–H and O–H groups in total. The molecule has 1 amide bonds. The molecule has 0 aliphatic heterocycles. The van der Waals surface area contributed by atoms with E-state index in [2.05, 4.69) is 20.6 Å². The summed E-state index contributed by atoms with van der Waals surface area (Å²) in [5.74, 6) is 1.22. The Morgan fingerprint density at radius 3 is 2.57 bits per heavy atom. The van der Waals surface area contributed by atoms with Gasteiger partial charge in [-0.25, -0.2) is 9.97 Å².